The van der Waals surface area contributed by atoms with Crippen molar-refractivity contribution >= 4 is 31.5 Å². The van der Waals surface area contributed by atoms with Crippen LogP contribution in [-0.4, -0.2) is 8.83 Å². The molecule has 1 aromatic carbocycles. The predicted octanol–water partition coefficient (Wildman–Crippen LogP) is 2.70. The maximum Gasteiger partial charge on any atom is 0.122 e. The van der Waals surface area contributed by atoms with Crippen molar-refractivity contribution in [3.8, 4) is 0 Å². The summed E-state index contributed by atoms with van der Waals surface area (Å²) in [4.78, 5) is 0. The third-order valence-corrected chi connectivity index (χ3v) is 0.985. The second kappa shape index (κ2) is 7.13. The van der Waals surface area contributed by atoms with E-state index in [4.69, 9.17) is 22.7 Å². The third-order valence-electron chi connectivity index (χ3n) is 0.733. The Kier molecular flexibility index (Phi) is 7.14. The van der Waals surface area contributed by atoms with Gasteiger partial charge in [-0.1, -0.05) is 36.3 Å². The average Bonchev–Trinajstić information content (AvgIpc) is 1.91. The molecule has 0 aromatic heterocycles. The summed E-state index contributed by atoms with van der Waals surface area (Å²) in [5.74, 6) is 0. The van der Waals surface area contributed by atoms with Gasteiger partial charge < -0.3 is 0 Å². The average molecular weight is 193 g/mol. The van der Waals surface area contributed by atoms with E-state index in [-0.39, 0.29) is 8.83 Å². The Hall–Kier alpha value is 0.0169. The fourth-order valence-corrected chi connectivity index (χ4v) is 0.560. The molecule has 0 amide bonds. The van der Waals surface area contributed by atoms with Crippen molar-refractivity contribution in [1.29, 1.82) is 0 Å². The van der Waals surface area contributed by atoms with E-state index in [1.54, 1.807) is 0 Å². The van der Waals surface area contributed by atoms with E-state index in [0.717, 1.165) is 5.02 Å². The van der Waals surface area contributed by atoms with Crippen LogP contribution in [0.5, 0.6) is 0 Å². The Morgan fingerprint density at radius 2 is 1.60 bits per heavy atom. The molecule has 0 aliphatic rings. The molecule has 10 heavy (non-hydrogen) atoms. The quantitative estimate of drug-likeness (QED) is 0.439. The second-order valence-electron chi connectivity index (χ2n) is 1.56. The van der Waals surface area contributed by atoms with Gasteiger partial charge in [0, 0.05) is 5.02 Å². The first-order valence-corrected chi connectivity index (χ1v) is 7.00. The lowest BCUT2D eigenvalue weighted by Crippen LogP contribution is -1.55. The molecule has 1 aromatic rings. The summed E-state index contributed by atoms with van der Waals surface area (Å²) < 4.78 is 0. The van der Waals surface area contributed by atoms with Crippen molar-refractivity contribution in [3.05, 3.63) is 35.4 Å². The van der Waals surface area contributed by atoms with Crippen molar-refractivity contribution < 1.29 is 0 Å². The van der Waals surface area contributed by atoms with Crippen LogP contribution in [0.4, 0.5) is 0 Å². The van der Waals surface area contributed by atoms with Gasteiger partial charge in [0.15, 0.2) is 0 Å². The maximum absolute atomic E-state index is 5.54. The van der Waals surface area contributed by atoms with Gasteiger partial charge in [-0.05, 0) is 12.1 Å². The van der Waals surface area contributed by atoms with Gasteiger partial charge in [0.2, 0.25) is 0 Å². The molecule has 0 nitrogen and oxygen atoms in total. The first-order valence-electron chi connectivity index (χ1n) is 3.07. The zero-order valence-electron chi connectivity index (χ0n) is 5.85. The largest absolute Gasteiger partial charge is 0.176 e. The van der Waals surface area contributed by atoms with Crippen LogP contribution in [0.3, 0.4) is 0 Å². The maximum atomic E-state index is 5.54. The van der Waals surface area contributed by atoms with Gasteiger partial charge >= 0.3 is 0 Å². The van der Waals surface area contributed by atoms with Crippen LogP contribution < -0.4 is 0 Å². The molecule has 0 aliphatic heterocycles. The Bertz CT molecular complexity index is 153. The highest BCUT2D eigenvalue weighted by Crippen LogP contribution is 2.03. The fraction of sp³-hybridized carbons (Fsp3) is 0.143. The number of hydrogen-bond acceptors (Lipinski definition) is 0. The molecule has 0 bridgehead atoms. The zero-order chi connectivity index (χ0) is 7.82. The minimum absolute atomic E-state index is 0.111. The van der Waals surface area contributed by atoms with Gasteiger partial charge in [0.25, 0.3) is 0 Å². The molecular weight excluding hydrogens is 183 g/mol. The molecule has 0 fully saturated rings. The lowest BCUT2D eigenvalue weighted by molar-refractivity contribution is 1.71. The highest BCUT2D eigenvalue weighted by atomic mass is 35.6. The SMILES string of the molecule is C[SiH2]Cl.Clc1ccccc1. The lowest BCUT2D eigenvalue weighted by Gasteiger charge is -1.80. The van der Waals surface area contributed by atoms with E-state index >= 15 is 0 Å². The summed E-state index contributed by atoms with van der Waals surface area (Å²) >= 11 is 10.7. The van der Waals surface area contributed by atoms with Crippen LogP contribution in [0.2, 0.25) is 11.6 Å². The topological polar surface area (TPSA) is 0 Å². The molecule has 56 valence electrons. The Labute approximate surface area is 73.7 Å². The van der Waals surface area contributed by atoms with E-state index in [1.165, 1.54) is 0 Å². The van der Waals surface area contributed by atoms with E-state index < -0.39 is 0 Å². The van der Waals surface area contributed by atoms with Crippen molar-refractivity contribution in [3.63, 3.8) is 0 Å². The molecule has 0 aliphatic carbocycles. The summed E-state index contributed by atoms with van der Waals surface area (Å²) in [5.41, 5.74) is 0. The van der Waals surface area contributed by atoms with E-state index in [1.807, 2.05) is 36.9 Å². The highest BCUT2D eigenvalue weighted by Gasteiger charge is 1.74. The molecular formula is C7H10Cl2Si. The number of halogens is 2. The van der Waals surface area contributed by atoms with Gasteiger partial charge in [-0.15, -0.1) is 0 Å². The van der Waals surface area contributed by atoms with E-state index in [9.17, 15) is 0 Å². The standard InChI is InChI=1S/C6H5Cl.CH5ClSi/c7-6-4-2-1-3-5-6;1-3-2/h1-5H;3H2,1H3. The summed E-state index contributed by atoms with van der Waals surface area (Å²) in [5, 5.41) is 0.794. The van der Waals surface area contributed by atoms with E-state index in [2.05, 4.69) is 0 Å². The van der Waals surface area contributed by atoms with Gasteiger partial charge in [-0.3, -0.25) is 0 Å². The van der Waals surface area contributed by atoms with Gasteiger partial charge in [0.05, 0.1) is 0 Å². The van der Waals surface area contributed by atoms with Crippen LogP contribution in [0.25, 0.3) is 0 Å². The lowest BCUT2D eigenvalue weighted by atomic mass is 10.4. The monoisotopic (exact) mass is 192 g/mol. The Morgan fingerprint density at radius 3 is 1.80 bits per heavy atom. The molecule has 0 N–H and O–H groups in total. The molecule has 3 heteroatoms. The van der Waals surface area contributed by atoms with Gasteiger partial charge in [-0.2, -0.15) is 11.1 Å². The predicted molar refractivity (Wildman–Crippen MR) is 51.7 cm³/mol. The fourth-order valence-electron chi connectivity index (χ4n) is 0.415. The molecule has 0 radical (unpaired) electrons. The molecule has 0 heterocycles. The molecule has 0 unspecified atom stereocenters. The van der Waals surface area contributed by atoms with E-state index in [0.29, 0.717) is 0 Å². The smallest absolute Gasteiger partial charge is 0.122 e. The van der Waals surface area contributed by atoms with Crippen LogP contribution in [0, 0.1) is 0 Å². The molecule has 0 atom stereocenters. The zero-order valence-corrected chi connectivity index (χ0v) is 8.78. The molecule has 1 rings (SSSR count). The second-order valence-corrected chi connectivity index (χ2v) is 4.14. The minimum atomic E-state index is -0.111. The molecule has 0 saturated heterocycles. The highest BCUT2D eigenvalue weighted by molar-refractivity contribution is 6.92. The normalized spacial score (nSPS) is 9.10. The minimum Gasteiger partial charge on any atom is -0.176 e. The first kappa shape index (κ1) is 10.0. The Morgan fingerprint density at radius 1 is 1.20 bits per heavy atom. The third kappa shape index (κ3) is 6.14. The van der Waals surface area contributed by atoms with Crippen LogP contribution in [0.1, 0.15) is 0 Å². The van der Waals surface area contributed by atoms with Crippen LogP contribution >= 0.6 is 22.7 Å². The summed E-state index contributed by atoms with van der Waals surface area (Å²) in [6.45, 7) is 2.03. The van der Waals surface area contributed by atoms with Crippen LogP contribution in [0.15, 0.2) is 30.3 Å². The van der Waals surface area contributed by atoms with Crippen molar-refractivity contribution in [1.82, 2.24) is 0 Å². The summed E-state index contributed by atoms with van der Waals surface area (Å²) in [7, 11) is -0.111. The summed E-state index contributed by atoms with van der Waals surface area (Å²) in [6.07, 6.45) is 0. The van der Waals surface area contributed by atoms with Gasteiger partial charge in [0.1, 0.15) is 8.83 Å². The first-order chi connectivity index (χ1) is 4.81. The van der Waals surface area contributed by atoms with Crippen molar-refractivity contribution in [2.75, 3.05) is 0 Å². The van der Waals surface area contributed by atoms with Gasteiger partial charge in [-0.25, -0.2) is 0 Å². The van der Waals surface area contributed by atoms with Crippen LogP contribution in [-0.2, 0) is 0 Å². The molecule has 0 spiro atoms. The Balaban J connectivity index is 0.000000236. The van der Waals surface area contributed by atoms with Crippen molar-refractivity contribution in [2.24, 2.45) is 0 Å². The number of hydrogen-bond donors (Lipinski definition) is 0. The number of rotatable bonds is 0. The van der Waals surface area contributed by atoms with Crippen molar-refractivity contribution in [2.45, 2.75) is 6.55 Å². The number of benzene rings is 1. The summed E-state index contributed by atoms with van der Waals surface area (Å²) in [6, 6.07) is 9.44. The molecule has 0 saturated carbocycles.